The molecule has 2 N–H and O–H groups in total. The van der Waals surface area contributed by atoms with Crippen molar-refractivity contribution in [3.05, 3.63) is 65.5 Å². The van der Waals surface area contributed by atoms with E-state index in [1.807, 2.05) is 24.3 Å². The fourth-order valence-electron chi connectivity index (χ4n) is 4.71. The Kier molecular flexibility index (Phi) is 5.93. The summed E-state index contributed by atoms with van der Waals surface area (Å²) >= 11 is 5.58. The standard InChI is InChI=1S/C23H28FN3S/c1-16-5-2-3-8-22(16)26-23(28)25-19-13-20-6-4-7-21(14-19)27(20)15-17-9-11-18(24)12-10-17/h2-3,5,8-12,19-21H,4,6-7,13-15H2,1H3,(H2,25,26,28). The molecule has 5 heteroatoms. The van der Waals surface area contributed by atoms with Gasteiger partial charge < -0.3 is 10.6 Å². The topological polar surface area (TPSA) is 27.3 Å². The number of hydrogen-bond acceptors (Lipinski definition) is 2. The summed E-state index contributed by atoms with van der Waals surface area (Å²) in [5.74, 6) is -0.165. The van der Waals surface area contributed by atoms with E-state index in [4.69, 9.17) is 12.2 Å². The second-order valence-electron chi connectivity index (χ2n) is 8.12. The Morgan fingerprint density at radius 2 is 1.75 bits per heavy atom. The van der Waals surface area contributed by atoms with Crippen LogP contribution in [-0.4, -0.2) is 28.1 Å². The molecule has 2 aromatic rings. The molecule has 0 aromatic heterocycles. The SMILES string of the molecule is Cc1ccccc1NC(=S)NC1CC2CCCC(C1)N2Cc1ccc(F)cc1. The number of piperidine rings is 2. The third-order valence-corrected chi connectivity index (χ3v) is 6.35. The van der Waals surface area contributed by atoms with Gasteiger partial charge in [0.05, 0.1) is 0 Å². The minimum absolute atomic E-state index is 0.165. The Morgan fingerprint density at radius 3 is 2.43 bits per heavy atom. The van der Waals surface area contributed by atoms with Crippen LogP contribution in [-0.2, 0) is 6.54 Å². The van der Waals surface area contributed by atoms with Crippen LogP contribution in [0, 0.1) is 12.7 Å². The highest BCUT2D eigenvalue weighted by Gasteiger charge is 2.38. The van der Waals surface area contributed by atoms with Gasteiger partial charge in [0.25, 0.3) is 0 Å². The van der Waals surface area contributed by atoms with E-state index in [0.29, 0.717) is 23.2 Å². The highest BCUT2D eigenvalue weighted by molar-refractivity contribution is 7.80. The first-order chi connectivity index (χ1) is 13.6. The van der Waals surface area contributed by atoms with Gasteiger partial charge >= 0.3 is 0 Å². The number of para-hydroxylation sites is 1. The zero-order valence-corrected chi connectivity index (χ0v) is 17.1. The Hall–Kier alpha value is -1.98. The van der Waals surface area contributed by atoms with E-state index in [1.54, 1.807) is 12.1 Å². The van der Waals surface area contributed by atoms with Crippen LogP contribution in [0.1, 0.15) is 43.2 Å². The molecule has 0 saturated carbocycles. The first kappa shape index (κ1) is 19.3. The van der Waals surface area contributed by atoms with Gasteiger partial charge in [0, 0.05) is 30.4 Å². The third-order valence-electron chi connectivity index (χ3n) is 6.13. The van der Waals surface area contributed by atoms with Crippen molar-refractivity contribution in [3.8, 4) is 0 Å². The fraction of sp³-hybridized carbons (Fsp3) is 0.435. The number of fused-ring (bicyclic) bond motifs is 2. The molecule has 4 rings (SSSR count). The third kappa shape index (κ3) is 4.53. The summed E-state index contributed by atoms with van der Waals surface area (Å²) < 4.78 is 13.2. The van der Waals surface area contributed by atoms with Gasteiger partial charge in [0.2, 0.25) is 0 Å². The Bertz CT molecular complexity index is 809. The van der Waals surface area contributed by atoms with Crippen LogP contribution in [0.25, 0.3) is 0 Å². The van der Waals surface area contributed by atoms with Crippen molar-refractivity contribution >= 4 is 23.0 Å². The molecule has 2 saturated heterocycles. The number of rotatable bonds is 4. The van der Waals surface area contributed by atoms with Crippen molar-refractivity contribution in [1.29, 1.82) is 0 Å². The minimum Gasteiger partial charge on any atom is -0.360 e. The largest absolute Gasteiger partial charge is 0.360 e. The van der Waals surface area contributed by atoms with Gasteiger partial charge in [0.15, 0.2) is 5.11 Å². The van der Waals surface area contributed by atoms with Gasteiger partial charge in [-0.3, -0.25) is 4.90 Å². The van der Waals surface area contributed by atoms with Crippen molar-refractivity contribution in [2.45, 2.75) is 63.7 Å². The van der Waals surface area contributed by atoms with Gasteiger partial charge in [0.1, 0.15) is 5.82 Å². The average molecular weight is 398 g/mol. The molecule has 0 spiro atoms. The number of nitrogens with one attached hydrogen (secondary N) is 2. The highest BCUT2D eigenvalue weighted by Crippen LogP contribution is 2.35. The predicted octanol–water partition coefficient (Wildman–Crippen LogP) is 5.01. The van der Waals surface area contributed by atoms with Crippen LogP contribution in [0.3, 0.4) is 0 Å². The monoisotopic (exact) mass is 397 g/mol. The van der Waals surface area contributed by atoms with Crippen LogP contribution < -0.4 is 10.6 Å². The minimum atomic E-state index is -0.165. The molecule has 2 fully saturated rings. The summed E-state index contributed by atoms with van der Waals surface area (Å²) in [5, 5.41) is 7.62. The van der Waals surface area contributed by atoms with Crippen LogP contribution in [0.2, 0.25) is 0 Å². The lowest BCUT2D eigenvalue weighted by Crippen LogP contribution is -2.56. The molecule has 28 heavy (non-hydrogen) atoms. The molecule has 2 aliphatic heterocycles. The molecule has 2 heterocycles. The number of aryl methyl sites for hydroxylation is 1. The molecule has 2 aromatic carbocycles. The summed E-state index contributed by atoms with van der Waals surface area (Å²) in [6.07, 6.45) is 5.97. The van der Waals surface area contributed by atoms with Crippen molar-refractivity contribution in [2.24, 2.45) is 0 Å². The quantitative estimate of drug-likeness (QED) is 0.710. The molecule has 2 unspecified atom stereocenters. The van der Waals surface area contributed by atoms with Gasteiger partial charge in [-0.2, -0.15) is 0 Å². The molecule has 2 atom stereocenters. The summed E-state index contributed by atoms with van der Waals surface area (Å²) in [6, 6.07) is 16.7. The van der Waals surface area contributed by atoms with Gasteiger partial charge in [-0.1, -0.05) is 36.8 Å². The molecule has 2 bridgehead atoms. The van der Waals surface area contributed by atoms with Crippen LogP contribution >= 0.6 is 12.2 Å². The molecule has 148 valence electrons. The van der Waals surface area contributed by atoms with E-state index in [2.05, 4.69) is 34.6 Å². The van der Waals surface area contributed by atoms with E-state index < -0.39 is 0 Å². The van der Waals surface area contributed by atoms with Gasteiger partial charge in [-0.05, 0) is 74.2 Å². The van der Waals surface area contributed by atoms with E-state index in [0.717, 1.165) is 25.1 Å². The Labute approximate surface area is 172 Å². The molecule has 0 amide bonds. The maximum absolute atomic E-state index is 13.2. The molecule has 3 nitrogen and oxygen atoms in total. The van der Waals surface area contributed by atoms with Crippen LogP contribution in [0.4, 0.5) is 10.1 Å². The van der Waals surface area contributed by atoms with E-state index in [9.17, 15) is 4.39 Å². The predicted molar refractivity (Wildman–Crippen MR) is 117 cm³/mol. The average Bonchev–Trinajstić information content (AvgIpc) is 2.66. The molecular formula is C23H28FN3S. The molecule has 2 aliphatic rings. The Balaban J connectivity index is 1.37. The lowest BCUT2D eigenvalue weighted by atomic mass is 9.81. The van der Waals surface area contributed by atoms with E-state index >= 15 is 0 Å². The van der Waals surface area contributed by atoms with Crippen molar-refractivity contribution in [2.75, 3.05) is 5.32 Å². The first-order valence-electron chi connectivity index (χ1n) is 10.2. The molecular weight excluding hydrogens is 369 g/mol. The van der Waals surface area contributed by atoms with Crippen molar-refractivity contribution < 1.29 is 4.39 Å². The first-order valence-corrected chi connectivity index (χ1v) is 10.6. The maximum atomic E-state index is 13.2. The summed E-state index contributed by atoms with van der Waals surface area (Å²) in [7, 11) is 0. The molecule has 0 radical (unpaired) electrons. The van der Waals surface area contributed by atoms with E-state index in [-0.39, 0.29) is 5.82 Å². The zero-order chi connectivity index (χ0) is 19.5. The lowest BCUT2D eigenvalue weighted by molar-refractivity contribution is 0.0211. The molecule has 0 aliphatic carbocycles. The number of halogens is 1. The van der Waals surface area contributed by atoms with Crippen molar-refractivity contribution in [1.82, 2.24) is 10.2 Å². The number of thiocarbonyl (C=S) groups is 1. The Morgan fingerprint density at radius 1 is 1.07 bits per heavy atom. The summed E-state index contributed by atoms with van der Waals surface area (Å²) in [5.41, 5.74) is 3.45. The number of benzene rings is 2. The van der Waals surface area contributed by atoms with Gasteiger partial charge in [-0.25, -0.2) is 4.39 Å². The number of nitrogens with zero attached hydrogens (tertiary/aromatic N) is 1. The highest BCUT2D eigenvalue weighted by atomic mass is 32.1. The zero-order valence-electron chi connectivity index (χ0n) is 16.3. The lowest BCUT2D eigenvalue weighted by Gasteiger charge is -2.49. The van der Waals surface area contributed by atoms with E-state index in [1.165, 1.54) is 30.4 Å². The normalized spacial score (nSPS) is 24.6. The number of hydrogen-bond donors (Lipinski definition) is 2. The van der Waals surface area contributed by atoms with Crippen LogP contribution in [0.15, 0.2) is 48.5 Å². The second-order valence-corrected chi connectivity index (χ2v) is 8.53. The maximum Gasteiger partial charge on any atom is 0.171 e. The smallest absolute Gasteiger partial charge is 0.171 e. The summed E-state index contributed by atoms with van der Waals surface area (Å²) in [4.78, 5) is 2.63. The number of anilines is 1. The van der Waals surface area contributed by atoms with Crippen molar-refractivity contribution in [3.63, 3.8) is 0 Å². The van der Waals surface area contributed by atoms with Gasteiger partial charge in [-0.15, -0.1) is 0 Å². The summed E-state index contributed by atoms with van der Waals surface area (Å²) in [6.45, 7) is 3.00. The second kappa shape index (κ2) is 8.58. The fourth-order valence-corrected chi connectivity index (χ4v) is 4.99. The van der Waals surface area contributed by atoms with Crippen LogP contribution in [0.5, 0.6) is 0 Å².